The summed E-state index contributed by atoms with van der Waals surface area (Å²) in [5.41, 5.74) is 3.34. The van der Waals surface area contributed by atoms with Gasteiger partial charge >= 0.3 is 0 Å². The molecule has 1 amide bonds. The summed E-state index contributed by atoms with van der Waals surface area (Å²) in [4.78, 5) is 18.0. The predicted molar refractivity (Wildman–Crippen MR) is 104 cm³/mol. The zero-order valence-corrected chi connectivity index (χ0v) is 16.0. The van der Waals surface area contributed by atoms with Crippen LogP contribution < -0.4 is 9.62 Å². The van der Waals surface area contributed by atoms with Crippen LogP contribution in [0.25, 0.3) is 11.0 Å². The van der Waals surface area contributed by atoms with Crippen LogP contribution in [0.4, 0.5) is 11.4 Å². The molecule has 1 aliphatic heterocycles. The monoisotopic (exact) mass is 384 g/mol. The van der Waals surface area contributed by atoms with E-state index in [2.05, 4.69) is 9.71 Å². The molecule has 8 heteroatoms. The molecule has 0 saturated carbocycles. The third kappa shape index (κ3) is 3.16. The smallest absolute Gasteiger partial charge is 0.262 e. The van der Waals surface area contributed by atoms with Gasteiger partial charge in [0.1, 0.15) is 0 Å². The summed E-state index contributed by atoms with van der Waals surface area (Å²) >= 11 is 0. The number of benzene rings is 2. The lowest BCUT2D eigenvalue weighted by atomic mass is 10.2. The highest BCUT2D eigenvalue weighted by Gasteiger charge is 2.24. The van der Waals surface area contributed by atoms with Crippen molar-refractivity contribution in [2.45, 2.75) is 24.7 Å². The van der Waals surface area contributed by atoms with Crippen LogP contribution in [0.3, 0.4) is 0 Å². The van der Waals surface area contributed by atoms with E-state index in [9.17, 15) is 13.2 Å². The minimum atomic E-state index is -3.80. The van der Waals surface area contributed by atoms with Crippen LogP contribution in [0.1, 0.15) is 18.4 Å². The van der Waals surface area contributed by atoms with Crippen molar-refractivity contribution in [3.8, 4) is 0 Å². The molecule has 4 rings (SSSR count). The van der Waals surface area contributed by atoms with Crippen molar-refractivity contribution in [3.05, 3.63) is 48.3 Å². The standard InChI is InChI=1S/C19H20N4O3S/c1-13-5-7-15(23-9-3-4-19(23)24)11-18(13)27(25,26)21-14-6-8-16-17(10-14)22(2)12-20-16/h5-8,10-12,21H,3-4,9H2,1-2H3. The van der Waals surface area contributed by atoms with Crippen LogP contribution in [0.2, 0.25) is 0 Å². The molecule has 1 aliphatic rings. The van der Waals surface area contributed by atoms with Gasteiger partial charge in [-0.15, -0.1) is 0 Å². The van der Waals surface area contributed by atoms with E-state index in [0.717, 1.165) is 17.5 Å². The molecule has 1 saturated heterocycles. The number of nitrogens with zero attached hydrogens (tertiary/aromatic N) is 3. The number of carbonyl (C=O) groups is 1. The lowest BCUT2D eigenvalue weighted by Crippen LogP contribution is -2.24. The number of rotatable bonds is 4. The number of fused-ring (bicyclic) bond motifs is 1. The molecule has 1 fully saturated rings. The molecule has 1 aromatic heterocycles. The van der Waals surface area contributed by atoms with Crippen molar-refractivity contribution in [2.24, 2.45) is 7.05 Å². The fraction of sp³-hybridized carbons (Fsp3) is 0.263. The highest BCUT2D eigenvalue weighted by Crippen LogP contribution is 2.28. The van der Waals surface area contributed by atoms with E-state index >= 15 is 0 Å². The number of imidazole rings is 1. The molecule has 3 aromatic rings. The van der Waals surface area contributed by atoms with Crippen LogP contribution in [0, 0.1) is 6.92 Å². The molecule has 0 spiro atoms. The SMILES string of the molecule is Cc1ccc(N2CCCC2=O)cc1S(=O)(=O)Nc1ccc2ncn(C)c2c1. The highest BCUT2D eigenvalue weighted by molar-refractivity contribution is 7.92. The van der Waals surface area contributed by atoms with Gasteiger partial charge in [0.05, 0.1) is 27.9 Å². The zero-order chi connectivity index (χ0) is 19.2. The summed E-state index contributed by atoms with van der Waals surface area (Å²) in [6, 6.07) is 10.3. The van der Waals surface area contributed by atoms with Crippen molar-refractivity contribution < 1.29 is 13.2 Å². The van der Waals surface area contributed by atoms with Crippen molar-refractivity contribution in [1.82, 2.24) is 9.55 Å². The Kier molecular flexibility index (Phi) is 4.15. The first-order valence-corrected chi connectivity index (χ1v) is 10.2. The van der Waals surface area contributed by atoms with Gasteiger partial charge in [-0.3, -0.25) is 9.52 Å². The van der Waals surface area contributed by atoms with Gasteiger partial charge in [-0.1, -0.05) is 6.07 Å². The Hall–Kier alpha value is -2.87. The normalized spacial score (nSPS) is 14.9. The van der Waals surface area contributed by atoms with Crippen LogP contribution in [-0.4, -0.2) is 30.4 Å². The van der Waals surface area contributed by atoms with Crippen LogP contribution >= 0.6 is 0 Å². The molecule has 0 radical (unpaired) electrons. The Morgan fingerprint density at radius 1 is 1.15 bits per heavy atom. The number of aryl methyl sites for hydroxylation is 2. The van der Waals surface area contributed by atoms with Gasteiger partial charge in [0.2, 0.25) is 5.91 Å². The summed E-state index contributed by atoms with van der Waals surface area (Å²) in [6.07, 6.45) is 2.97. The number of aromatic nitrogens is 2. The van der Waals surface area contributed by atoms with Gasteiger partial charge in [0.15, 0.2) is 0 Å². The van der Waals surface area contributed by atoms with Gasteiger partial charge in [-0.25, -0.2) is 13.4 Å². The van der Waals surface area contributed by atoms with Crippen LogP contribution in [0.5, 0.6) is 0 Å². The average Bonchev–Trinajstić information content (AvgIpc) is 3.21. The number of carbonyl (C=O) groups excluding carboxylic acids is 1. The molecule has 0 atom stereocenters. The molecule has 0 unspecified atom stereocenters. The number of hydrogen-bond donors (Lipinski definition) is 1. The highest BCUT2D eigenvalue weighted by atomic mass is 32.2. The second-order valence-corrected chi connectivity index (χ2v) is 8.41. The van der Waals surface area contributed by atoms with Crippen LogP contribution in [-0.2, 0) is 21.9 Å². The Bertz CT molecular complexity index is 1150. The van der Waals surface area contributed by atoms with E-state index in [1.54, 1.807) is 54.5 Å². The second-order valence-electron chi connectivity index (χ2n) is 6.76. The fourth-order valence-electron chi connectivity index (χ4n) is 3.37. The fourth-order valence-corrected chi connectivity index (χ4v) is 4.68. The first-order chi connectivity index (χ1) is 12.8. The van der Waals surface area contributed by atoms with Crippen molar-refractivity contribution >= 4 is 38.3 Å². The quantitative estimate of drug-likeness (QED) is 0.750. The van der Waals surface area contributed by atoms with Crippen molar-refractivity contribution in [2.75, 3.05) is 16.2 Å². The van der Waals surface area contributed by atoms with E-state index in [1.807, 2.05) is 11.6 Å². The van der Waals surface area contributed by atoms with Gasteiger partial charge < -0.3 is 9.47 Å². The van der Waals surface area contributed by atoms with Gasteiger partial charge in [0, 0.05) is 25.7 Å². The largest absolute Gasteiger partial charge is 0.334 e. The average molecular weight is 384 g/mol. The van der Waals surface area contributed by atoms with Crippen molar-refractivity contribution in [3.63, 3.8) is 0 Å². The summed E-state index contributed by atoms with van der Waals surface area (Å²) in [5, 5.41) is 0. The number of hydrogen-bond acceptors (Lipinski definition) is 4. The topological polar surface area (TPSA) is 84.3 Å². The number of anilines is 2. The Morgan fingerprint density at radius 3 is 2.70 bits per heavy atom. The van der Waals surface area contributed by atoms with Crippen molar-refractivity contribution in [1.29, 1.82) is 0 Å². The number of nitrogens with one attached hydrogen (secondary N) is 1. The number of amides is 1. The lowest BCUT2D eigenvalue weighted by Gasteiger charge is -2.18. The number of sulfonamides is 1. The summed E-state index contributed by atoms with van der Waals surface area (Å²) in [6.45, 7) is 2.36. The van der Waals surface area contributed by atoms with E-state index < -0.39 is 10.0 Å². The molecule has 2 heterocycles. The molecule has 2 aromatic carbocycles. The first-order valence-electron chi connectivity index (χ1n) is 8.70. The molecule has 0 bridgehead atoms. The first kappa shape index (κ1) is 17.5. The van der Waals surface area contributed by atoms with Gasteiger partial charge in [-0.05, 0) is 49.2 Å². The lowest BCUT2D eigenvalue weighted by molar-refractivity contribution is -0.117. The molecule has 0 aliphatic carbocycles. The van der Waals surface area contributed by atoms with E-state index in [1.165, 1.54) is 0 Å². The molecular weight excluding hydrogens is 364 g/mol. The third-order valence-electron chi connectivity index (χ3n) is 4.82. The maximum Gasteiger partial charge on any atom is 0.262 e. The Labute approximate surface area is 157 Å². The van der Waals surface area contributed by atoms with E-state index in [0.29, 0.717) is 29.9 Å². The minimum absolute atomic E-state index is 0.0248. The molecule has 27 heavy (non-hydrogen) atoms. The molecule has 140 valence electrons. The summed E-state index contributed by atoms with van der Waals surface area (Å²) < 4.78 is 30.5. The van der Waals surface area contributed by atoms with Gasteiger partial charge in [0.25, 0.3) is 10.0 Å². The van der Waals surface area contributed by atoms with E-state index in [-0.39, 0.29) is 10.8 Å². The zero-order valence-electron chi connectivity index (χ0n) is 15.1. The van der Waals surface area contributed by atoms with E-state index in [4.69, 9.17) is 0 Å². The molecular formula is C19H20N4O3S. The molecule has 1 N–H and O–H groups in total. The van der Waals surface area contributed by atoms with Gasteiger partial charge in [-0.2, -0.15) is 0 Å². The Morgan fingerprint density at radius 2 is 1.96 bits per heavy atom. The summed E-state index contributed by atoms with van der Waals surface area (Å²) in [5.74, 6) is 0.0248. The summed E-state index contributed by atoms with van der Waals surface area (Å²) in [7, 11) is -1.94. The minimum Gasteiger partial charge on any atom is -0.334 e. The second kappa shape index (κ2) is 6.38. The maximum atomic E-state index is 13.0. The Balaban J connectivity index is 1.70. The maximum absolute atomic E-state index is 13.0. The molecule has 7 nitrogen and oxygen atoms in total. The third-order valence-corrected chi connectivity index (χ3v) is 6.35. The van der Waals surface area contributed by atoms with Crippen LogP contribution in [0.15, 0.2) is 47.6 Å². The predicted octanol–water partition coefficient (Wildman–Crippen LogP) is 2.81.